The molecule has 0 amide bonds. The first-order chi connectivity index (χ1) is 9.17. The minimum absolute atomic E-state index is 0.439. The standard InChI is InChI=1S/C18H21N/c1-5-15-11-12-17-9-7-8-10-18(17)19(14(3)4)13-16(15)6-2/h5-12,14H,1-2,13H2,3-4H3/b12-11-,16-15-. The lowest BCUT2D eigenvalue weighted by atomic mass is 10.0. The number of anilines is 1. The van der Waals surface area contributed by atoms with E-state index in [1.807, 2.05) is 12.2 Å². The van der Waals surface area contributed by atoms with Crippen LogP contribution in [0.15, 0.2) is 66.8 Å². The van der Waals surface area contributed by atoms with Gasteiger partial charge in [-0.05, 0) is 36.6 Å². The van der Waals surface area contributed by atoms with Gasteiger partial charge in [-0.2, -0.15) is 0 Å². The van der Waals surface area contributed by atoms with Crippen LogP contribution in [0, 0.1) is 0 Å². The second-order valence-electron chi connectivity index (χ2n) is 5.00. The largest absolute Gasteiger partial charge is 0.364 e. The van der Waals surface area contributed by atoms with Crippen LogP contribution >= 0.6 is 0 Å². The van der Waals surface area contributed by atoms with E-state index in [1.54, 1.807) is 0 Å². The predicted molar refractivity (Wildman–Crippen MR) is 85.4 cm³/mol. The molecular weight excluding hydrogens is 230 g/mol. The summed E-state index contributed by atoms with van der Waals surface area (Å²) in [4.78, 5) is 2.40. The van der Waals surface area contributed by atoms with Gasteiger partial charge in [-0.3, -0.25) is 0 Å². The maximum Gasteiger partial charge on any atom is 0.0445 e. The Morgan fingerprint density at radius 1 is 1.11 bits per heavy atom. The Morgan fingerprint density at radius 3 is 2.47 bits per heavy atom. The quantitative estimate of drug-likeness (QED) is 0.759. The second kappa shape index (κ2) is 5.75. The molecule has 0 radical (unpaired) electrons. The fraction of sp³-hybridized carbons (Fsp3) is 0.222. The zero-order valence-electron chi connectivity index (χ0n) is 11.8. The Labute approximate surface area is 116 Å². The summed E-state index contributed by atoms with van der Waals surface area (Å²) in [5, 5.41) is 0. The molecular formula is C18H21N. The van der Waals surface area contributed by atoms with Crippen molar-refractivity contribution in [3.05, 3.63) is 72.4 Å². The molecule has 98 valence electrons. The Kier molecular flexibility index (Phi) is 4.06. The van der Waals surface area contributed by atoms with Crippen molar-refractivity contribution in [1.29, 1.82) is 0 Å². The average molecular weight is 251 g/mol. The van der Waals surface area contributed by atoms with E-state index in [9.17, 15) is 0 Å². The van der Waals surface area contributed by atoms with E-state index < -0.39 is 0 Å². The summed E-state index contributed by atoms with van der Waals surface area (Å²) in [7, 11) is 0. The SMILES string of the molecule is C=CC1=C(\C=C)CN(C(C)C)c2ccccc2/C=C\1. The average Bonchev–Trinajstić information content (AvgIpc) is 2.40. The van der Waals surface area contributed by atoms with Gasteiger partial charge in [-0.25, -0.2) is 0 Å². The summed E-state index contributed by atoms with van der Waals surface area (Å²) >= 11 is 0. The molecule has 0 saturated carbocycles. The molecule has 0 spiro atoms. The number of allylic oxidation sites excluding steroid dienone is 3. The first kappa shape index (κ1) is 13.4. The summed E-state index contributed by atoms with van der Waals surface area (Å²) < 4.78 is 0. The number of nitrogens with zero attached hydrogens (tertiary/aromatic N) is 1. The van der Waals surface area contributed by atoms with Crippen molar-refractivity contribution in [2.75, 3.05) is 11.4 Å². The van der Waals surface area contributed by atoms with Gasteiger partial charge in [0.25, 0.3) is 0 Å². The number of hydrogen-bond donors (Lipinski definition) is 0. The molecule has 1 heterocycles. The zero-order chi connectivity index (χ0) is 13.8. The smallest absolute Gasteiger partial charge is 0.0445 e. The van der Waals surface area contributed by atoms with Crippen molar-refractivity contribution >= 4 is 11.8 Å². The maximum absolute atomic E-state index is 3.94. The van der Waals surface area contributed by atoms with E-state index in [4.69, 9.17) is 0 Å². The predicted octanol–water partition coefficient (Wildman–Crippen LogP) is 4.60. The van der Waals surface area contributed by atoms with Crippen LogP contribution in [-0.4, -0.2) is 12.6 Å². The van der Waals surface area contributed by atoms with Gasteiger partial charge in [0, 0.05) is 18.3 Å². The third-order valence-electron chi connectivity index (χ3n) is 3.49. The highest BCUT2D eigenvalue weighted by Gasteiger charge is 2.16. The van der Waals surface area contributed by atoms with Crippen LogP contribution in [0.25, 0.3) is 6.08 Å². The molecule has 0 fully saturated rings. The van der Waals surface area contributed by atoms with Crippen molar-refractivity contribution in [3.8, 4) is 0 Å². The molecule has 0 unspecified atom stereocenters. The summed E-state index contributed by atoms with van der Waals surface area (Å²) in [6.07, 6.45) is 8.12. The van der Waals surface area contributed by atoms with Gasteiger partial charge < -0.3 is 4.90 Å². The minimum Gasteiger partial charge on any atom is -0.364 e. The monoisotopic (exact) mass is 251 g/mol. The summed E-state index contributed by atoms with van der Waals surface area (Å²) in [5.74, 6) is 0. The number of fused-ring (bicyclic) bond motifs is 1. The van der Waals surface area contributed by atoms with E-state index in [0.717, 1.165) is 12.1 Å². The molecule has 1 heteroatoms. The fourth-order valence-corrected chi connectivity index (χ4v) is 2.38. The van der Waals surface area contributed by atoms with Crippen molar-refractivity contribution in [1.82, 2.24) is 0 Å². The molecule has 0 aliphatic carbocycles. The van der Waals surface area contributed by atoms with Crippen molar-refractivity contribution in [2.24, 2.45) is 0 Å². The fourth-order valence-electron chi connectivity index (χ4n) is 2.38. The maximum atomic E-state index is 3.94. The summed E-state index contributed by atoms with van der Waals surface area (Å²) in [6.45, 7) is 13.1. The van der Waals surface area contributed by atoms with Crippen LogP contribution in [0.1, 0.15) is 19.4 Å². The lowest BCUT2D eigenvalue weighted by molar-refractivity contribution is 0.714. The van der Waals surface area contributed by atoms with Crippen LogP contribution < -0.4 is 4.90 Å². The Morgan fingerprint density at radius 2 is 1.84 bits per heavy atom. The second-order valence-corrected chi connectivity index (χ2v) is 5.00. The molecule has 0 N–H and O–H groups in total. The summed E-state index contributed by atoms with van der Waals surface area (Å²) in [5.41, 5.74) is 4.89. The highest BCUT2D eigenvalue weighted by atomic mass is 15.2. The molecule has 0 aromatic heterocycles. The number of benzene rings is 1. The Hall–Kier alpha value is -2.02. The third-order valence-corrected chi connectivity index (χ3v) is 3.49. The van der Waals surface area contributed by atoms with Crippen LogP contribution in [-0.2, 0) is 0 Å². The van der Waals surface area contributed by atoms with E-state index in [0.29, 0.717) is 6.04 Å². The normalized spacial score (nSPS) is 20.5. The Bertz CT molecular complexity index is 547. The highest BCUT2D eigenvalue weighted by Crippen LogP contribution is 2.28. The summed E-state index contributed by atoms with van der Waals surface area (Å²) in [6, 6.07) is 8.94. The lowest BCUT2D eigenvalue weighted by Gasteiger charge is -2.32. The van der Waals surface area contributed by atoms with Gasteiger partial charge in [-0.15, -0.1) is 0 Å². The van der Waals surface area contributed by atoms with Crippen LogP contribution in [0.3, 0.4) is 0 Å². The topological polar surface area (TPSA) is 3.24 Å². The van der Waals surface area contributed by atoms with Gasteiger partial charge in [0.15, 0.2) is 0 Å². The lowest BCUT2D eigenvalue weighted by Crippen LogP contribution is -2.33. The molecule has 0 bridgehead atoms. The molecule has 2 rings (SSSR count). The van der Waals surface area contributed by atoms with E-state index >= 15 is 0 Å². The van der Waals surface area contributed by atoms with Crippen LogP contribution in [0.4, 0.5) is 5.69 Å². The molecule has 1 nitrogen and oxygen atoms in total. The first-order valence-electron chi connectivity index (χ1n) is 6.69. The zero-order valence-corrected chi connectivity index (χ0v) is 11.8. The third kappa shape index (κ3) is 2.70. The first-order valence-corrected chi connectivity index (χ1v) is 6.69. The number of rotatable bonds is 3. The van der Waals surface area contributed by atoms with Gasteiger partial charge in [-0.1, -0.05) is 55.7 Å². The van der Waals surface area contributed by atoms with E-state index in [1.165, 1.54) is 16.8 Å². The van der Waals surface area contributed by atoms with Crippen LogP contribution in [0.5, 0.6) is 0 Å². The number of para-hydroxylation sites is 1. The van der Waals surface area contributed by atoms with Gasteiger partial charge in [0.1, 0.15) is 0 Å². The number of hydrogen-bond acceptors (Lipinski definition) is 1. The molecule has 0 saturated heterocycles. The van der Waals surface area contributed by atoms with Crippen molar-refractivity contribution < 1.29 is 0 Å². The van der Waals surface area contributed by atoms with E-state index in [2.05, 4.69) is 68.3 Å². The van der Waals surface area contributed by atoms with E-state index in [-0.39, 0.29) is 0 Å². The van der Waals surface area contributed by atoms with Gasteiger partial charge >= 0.3 is 0 Å². The van der Waals surface area contributed by atoms with Crippen LogP contribution in [0.2, 0.25) is 0 Å². The van der Waals surface area contributed by atoms with Crippen molar-refractivity contribution in [3.63, 3.8) is 0 Å². The molecule has 0 atom stereocenters. The molecule has 1 aliphatic rings. The van der Waals surface area contributed by atoms with Crippen molar-refractivity contribution in [2.45, 2.75) is 19.9 Å². The molecule has 1 aliphatic heterocycles. The van der Waals surface area contributed by atoms with Gasteiger partial charge in [0.2, 0.25) is 0 Å². The molecule has 19 heavy (non-hydrogen) atoms. The molecule has 1 aromatic carbocycles. The minimum atomic E-state index is 0.439. The van der Waals surface area contributed by atoms with Gasteiger partial charge in [0.05, 0.1) is 0 Å². The Balaban J connectivity index is 2.60. The molecule has 1 aromatic rings. The highest BCUT2D eigenvalue weighted by molar-refractivity contribution is 5.72.